The highest BCUT2D eigenvalue weighted by atomic mass is 19.1. The molecule has 0 amide bonds. The fourth-order valence-electron chi connectivity index (χ4n) is 2.73. The Hall–Kier alpha value is -1.04. The fourth-order valence-corrected chi connectivity index (χ4v) is 2.73. The van der Waals surface area contributed by atoms with Crippen LogP contribution >= 0.6 is 0 Å². The molecule has 1 aliphatic heterocycles. The van der Waals surface area contributed by atoms with Crippen molar-refractivity contribution < 1.29 is 13.5 Å². The number of methoxy groups -OCH3 is 1. The maximum atomic E-state index is 13.6. The number of halogens is 2. The molecule has 1 fully saturated rings. The van der Waals surface area contributed by atoms with Crippen molar-refractivity contribution in [3.63, 3.8) is 0 Å². The number of likely N-dealkylation sites (tertiary alicyclic amines) is 1. The molecule has 0 unspecified atom stereocenters. The van der Waals surface area contributed by atoms with Crippen molar-refractivity contribution in [1.29, 1.82) is 0 Å². The smallest absolute Gasteiger partial charge is 0.127 e. The van der Waals surface area contributed by atoms with Gasteiger partial charge in [-0.3, -0.25) is 4.90 Å². The average Bonchev–Trinajstić information content (AvgIpc) is 2.49. The zero-order chi connectivity index (χ0) is 15.1. The summed E-state index contributed by atoms with van der Waals surface area (Å²) in [5.41, 5.74) is 0.451. The van der Waals surface area contributed by atoms with E-state index in [9.17, 15) is 8.78 Å². The van der Waals surface area contributed by atoms with Crippen LogP contribution in [0.3, 0.4) is 0 Å². The van der Waals surface area contributed by atoms with Gasteiger partial charge in [0.1, 0.15) is 11.6 Å². The van der Waals surface area contributed by atoms with E-state index in [1.165, 1.54) is 12.1 Å². The summed E-state index contributed by atoms with van der Waals surface area (Å²) in [6, 6.07) is 3.67. The first-order chi connectivity index (χ1) is 10.2. The summed E-state index contributed by atoms with van der Waals surface area (Å²) in [7, 11) is 1.70. The Kier molecular flexibility index (Phi) is 6.54. The molecular weight excluding hydrogens is 274 g/mol. The van der Waals surface area contributed by atoms with Gasteiger partial charge in [0.2, 0.25) is 0 Å². The molecule has 2 rings (SSSR count). The predicted molar refractivity (Wildman–Crippen MR) is 79.1 cm³/mol. The fraction of sp³-hybridized carbons (Fsp3) is 0.625. The van der Waals surface area contributed by atoms with Crippen LogP contribution in [0.25, 0.3) is 0 Å². The minimum absolute atomic E-state index is 0.320. The first kappa shape index (κ1) is 16.3. The van der Waals surface area contributed by atoms with Gasteiger partial charge >= 0.3 is 0 Å². The number of hydrogen-bond donors (Lipinski definition) is 1. The lowest BCUT2D eigenvalue weighted by atomic mass is 9.96. The molecule has 1 aliphatic rings. The maximum Gasteiger partial charge on any atom is 0.127 e. The molecule has 0 spiro atoms. The molecule has 0 aromatic heterocycles. The highest BCUT2D eigenvalue weighted by Gasteiger charge is 2.19. The first-order valence-corrected chi connectivity index (χ1v) is 7.55. The monoisotopic (exact) mass is 298 g/mol. The molecule has 21 heavy (non-hydrogen) atoms. The molecule has 0 saturated carbocycles. The molecular formula is C16H24F2N2O. The molecule has 0 bridgehead atoms. The van der Waals surface area contributed by atoms with E-state index >= 15 is 0 Å². The number of rotatable bonds is 7. The maximum absolute atomic E-state index is 13.6. The summed E-state index contributed by atoms with van der Waals surface area (Å²) < 4.78 is 31.8. The van der Waals surface area contributed by atoms with Crippen molar-refractivity contribution in [2.75, 3.05) is 39.9 Å². The van der Waals surface area contributed by atoms with Crippen molar-refractivity contribution in [3.05, 3.63) is 35.4 Å². The highest BCUT2D eigenvalue weighted by Crippen LogP contribution is 2.20. The molecule has 1 heterocycles. The Morgan fingerprint density at radius 1 is 1.29 bits per heavy atom. The number of benzene rings is 1. The normalized spacial score (nSPS) is 17.3. The predicted octanol–water partition coefficient (Wildman–Crippen LogP) is 2.41. The van der Waals surface area contributed by atoms with Crippen LogP contribution in [-0.2, 0) is 11.3 Å². The number of piperidine rings is 1. The van der Waals surface area contributed by atoms with Crippen LogP contribution in [0.5, 0.6) is 0 Å². The third kappa shape index (κ3) is 5.34. The molecule has 3 nitrogen and oxygen atoms in total. The van der Waals surface area contributed by atoms with Crippen LogP contribution in [0, 0.1) is 17.6 Å². The van der Waals surface area contributed by atoms with Gasteiger partial charge in [-0.25, -0.2) is 8.78 Å². The molecule has 0 aliphatic carbocycles. The van der Waals surface area contributed by atoms with Gasteiger partial charge in [-0.05, 0) is 56.6 Å². The number of ether oxygens (including phenoxy) is 1. The van der Waals surface area contributed by atoms with Crippen molar-refractivity contribution in [3.8, 4) is 0 Å². The van der Waals surface area contributed by atoms with E-state index in [4.69, 9.17) is 4.74 Å². The summed E-state index contributed by atoms with van der Waals surface area (Å²) in [6.45, 7) is 4.99. The molecule has 0 radical (unpaired) electrons. The van der Waals surface area contributed by atoms with Crippen LogP contribution < -0.4 is 5.32 Å². The van der Waals surface area contributed by atoms with E-state index in [1.54, 1.807) is 7.11 Å². The van der Waals surface area contributed by atoms with E-state index in [-0.39, 0.29) is 11.6 Å². The summed E-state index contributed by atoms with van der Waals surface area (Å²) in [6.07, 6.45) is 2.19. The van der Waals surface area contributed by atoms with Crippen LogP contribution in [0.1, 0.15) is 18.4 Å². The van der Waals surface area contributed by atoms with E-state index in [0.29, 0.717) is 18.0 Å². The van der Waals surface area contributed by atoms with E-state index in [0.717, 1.165) is 51.7 Å². The summed E-state index contributed by atoms with van der Waals surface area (Å²) in [5, 5.41) is 3.38. The van der Waals surface area contributed by atoms with Gasteiger partial charge in [-0.1, -0.05) is 0 Å². The lowest BCUT2D eigenvalue weighted by molar-refractivity contribution is 0.166. The summed E-state index contributed by atoms with van der Waals surface area (Å²) >= 11 is 0. The van der Waals surface area contributed by atoms with Gasteiger partial charge in [0.15, 0.2) is 0 Å². The molecule has 1 aromatic carbocycles. The Bertz CT molecular complexity index is 434. The second-order valence-corrected chi connectivity index (χ2v) is 5.65. The number of hydrogen-bond acceptors (Lipinski definition) is 3. The molecule has 118 valence electrons. The van der Waals surface area contributed by atoms with E-state index < -0.39 is 0 Å². The Labute approximate surface area is 125 Å². The van der Waals surface area contributed by atoms with Crippen LogP contribution in [0.4, 0.5) is 8.78 Å². The van der Waals surface area contributed by atoms with Crippen molar-refractivity contribution >= 4 is 0 Å². The third-order valence-electron chi connectivity index (χ3n) is 4.02. The van der Waals surface area contributed by atoms with Crippen LogP contribution in [0.2, 0.25) is 0 Å². The highest BCUT2D eigenvalue weighted by molar-refractivity contribution is 5.18. The Morgan fingerprint density at radius 2 is 2.05 bits per heavy atom. The Balaban J connectivity index is 1.72. The van der Waals surface area contributed by atoms with Crippen LogP contribution in [-0.4, -0.2) is 44.8 Å². The molecule has 1 aromatic rings. The molecule has 1 saturated heterocycles. The zero-order valence-corrected chi connectivity index (χ0v) is 12.6. The number of nitrogens with zero attached hydrogens (tertiary/aromatic N) is 1. The topological polar surface area (TPSA) is 24.5 Å². The van der Waals surface area contributed by atoms with Gasteiger partial charge in [0.05, 0.1) is 6.61 Å². The molecule has 1 N–H and O–H groups in total. The lowest BCUT2D eigenvalue weighted by Crippen LogP contribution is -2.37. The van der Waals surface area contributed by atoms with Crippen LogP contribution in [0.15, 0.2) is 18.2 Å². The van der Waals surface area contributed by atoms with Gasteiger partial charge < -0.3 is 10.1 Å². The standard InChI is InChI=1S/C16H24F2N2O/c1-21-9-6-19-11-13-4-7-20(8-5-13)12-14-10-15(17)2-3-16(14)18/h2-3,10,13,19H,4-9,11-12H2,1H3. The minimum Gasteiger partial charge on any atom is -0.383 e. The van der Waals surface area contributed by atoms with Crippen molar-refractivity contribution in [1.82, 2.24) is 10.2 Å². The first-order valence-electron chi connectivity index (χ1n) is 7.55. The molecule has 0 atom stereocenters. The van der Waals surface area contributed by atoms with Crippen molar-refractivity contribution in [2.45, 2.75) is 19.4 Å². The average molecular weight is 298 g/mol. The molecule has 5 heteroatoms. The summed E-state index contributed by atoms with van der Waals surface area (Å²) in [4.78, 5) is 2.20. The largest absolute Gasteiger partial charge is 0.383 e. The van der Waals surface area contributed by atoms with Gasteiger partial charge in [0.25, 0.3) is 0 Å². The van der Waals surface area contributed by atoms with E-state index in [2.05, 4.69) is 10.2 Å². The van der Waals surface area contributed by atoms with Gasteiger partial charge in [0, 0.05) is 25.8 Å². The Morgan fingerprint density at radius 3 is 2.76 bits per heavy atom. The second-order valence-electron chi connectivity index (χ2n) is 5.65. The minimum atomic E-state index is -0.372. The quantitative estimate of drug-likeness (QED) is 0.782. The zero-order valence-electron chi connectivity index (χ0n) is 12.6. The number of nitrogens with one attached hydrogen (secondary N) is 1. The third-order valence-corrected chi connectivity index (χ3v) is 4.02. The second kappa shape index (κ2) is 8.41. The van der Waals surface area contributed by atoms with Gasteiger partial charge in [-0.15, -0.1) is 0 Å². The van der Waals surface area contributed by atoms with Gasteiger partial charge in [-0.2, -0.15) is 0 Å². The van der Waals surface area contributed by atoms with Crippen molar-refractivity contribution in [2.24, 2.45) is 5.92 Å². The van der Waals surface area contributed by atoms with E-state index in [1.807, 2.05) is 0 Å². The lowest BCUT2D eigenvalue weighted by Gasteiger charge is -2.32. The SMILES string of the molecule is COCCNCC1CCN(Cc2cc(F)ccc2F)CC1. The summed E-state index contributed by atoms with van der Waals surface area (Å²) in [5.74, 6) is -0.0288.